The molecule has 0 N–H and O–H groups in total. The molecule has 0 radical (unpaired) electrons. The Bertz CT molecular complexity index is 6190. The van der Waals surface area contributed by atoms with Crippen LogP contribution in [0.4, 0.5) is 34.1 Å². The van der Waals surface area contributed by atoms with Crippen LogP contribution >= 0.6 is 0 Å². The van der Waals surface area contributed by atoms with Gasteiger partial charge in [-0.05, 0) is 283 Å². The van der Waals surface area contributed by atoms with Crippen molar-refractivity contribution in [3.8, 4) is 22.3 Å². The molecule has 17 aromatic carbocycles. The van der Waals surface area contributed by atoms with Gasteiger partial charge in [0, 0.05) is 44.3 Å². The summed E-state index contributed by atoms with van der Waals surface area (Å²) < 4.78 is 0. The summed E-state index contributed by atoms with van der Waals surface area (Å²) in [5, 5.41) is 14.5. The molecule has 2 nitrogen and oxygen atoms in total. The van der Waals surface area contributed by atoms with Crippen molar-refractivity contribution in [3.05, 3.63) is 406 Å². The molecule has 4 aliphatic carbocycles. The Kier molecular flexibility index (Phi) is 23.5. The van der Waals surface area contributed by atoms with Crippen LogP contribution in [-0.2, 0) is 0 Å². The van der Waals surface area contributed by atoms with Crippen LogP contribution < -0.4 is 9.80 Å². The number of nitrogens with zero attached hydrogens (tertiary/aromatic N) is 2. The van der Waals surface area contributed by atoms with Crippen LogP contribution in [0.25, 0.3) is 133 Å². The van der Waals surface area contributed by atoms with Gasteiger partial charge in [0.1, 0.15) is 0 Å². The molecule has 0 amide bonds. The van der Waals surface area contributed by atoms with Gasteiger partial charge in [-0.1, -0.05) is 415 Å². The van der Waals surface area contributed by atoms with Crippen LogP contribution in [0.2, 0.25) is 0 Å². The Morgan fingerprint density at radius 2 is 0.352 bits per heavy atom. The van der Waals surface area contributed by atoms with E-state index in [2.05, 4.69) is 402 Å². The van der Waals surface area contributed by atoms with Gasteiger partial charge >= 0.3 is 0 Å². The fourth-order valence-corrected chi connectivity index (χ4v) is 22.7. The average molecular weight is 1660 g/mol. The maximum atomic E-state index is 2.58. The van der Waals surface area contributed by atoms with Gasteiger partial charge in [0.05, 0.1) is 11.4 Å². The van der Waals surface area contributed by atoms with Crippen LogP contribution in [0.1, 0.15) is 195 Å². The number of rotatable bonds is 20. The first kappa shape index (κ1) is 81.9. The lowest BCUT2D eigenvalue weighted by atomic mass is 9.80. The van der Waals surface area contributed by atoms with Gasteiger partial charge in [-0.2, -0.15) is 0 Å². The Hall–Kier alpha value is -13.1. The number of allylic oxidation sites excluding steroid dienone is 4. The molecule has 128 heavy (non-hydrogen) atoms. The third-order valence-corrected chi connectivity index (χ3v) is 29.3. The van der Waals surface area contributed by atoms with E-state index in [-0.39, 0.29) is 0 Å². The van der Waals surface area contributed by atoms with Gasteiger partial charge in [-0.25, -0.2) is 0 Å². The molecular formula is C126H116N2. The molecule has 0 aliphatic heterocycles. The van der Waals surface area contributed by atoms with Gasteiger partial charge in [-0.15, -0.1) is 0 Å². The standard InChI is InChI=1S/C126H116N2/c1-85-49-65-97(66-50-85)117(93-29-9-5-10-30-93)81-89-57-73-101(74-58-89)127(102-75-59-90(60-76-102)82-118(94-31-11-6-12-32-94)98-67-51-86(2)52-68-98)125-113-45-25-21-41-109(113)123(110-42-22-26-46-114(110)125)121-105-37-17-19-39-107(105)122(108-40-20-18-38-106(108)121)124-111-43-23-27-47-115(111)126(116-48-28-24-44-112(116)124)128(103-77-61-91(62-78-103)83-119(95-33-13-7-14-34-95)99-69-53-87(3)54-70-99)104-79-63-92(64-80-104)84-120(96-35-15-8-16-36-96)100-71-55-88(4)56-72-100/h17-28,37-84,93-96H,5-16,29-36H2,1-4H3. The molecule has 21 rings (SSSR count). The molecule has 4 fully saturated rings. The molecule has 0 aromatic heterocycles. The number of anilines is 6. The van der Waals surface area contributed by atoms with Crippen molar-refractivity contribution in [1.29, 1.82) is 0 Å². The number of fused-ring (bicyclic) bond motifs is 6. The second-order valence-corrected chi connectivity index (χ2v) is 37.7. The predicted molar refractivity (Wildman–Crippen MR) is 554 cm³/mol. The quantitative estimate of drug-likeness (QED) is 0.0554. The molecule has 4 saturated carbocycles. The van der Waals surface area contributed by atoms with E-state index in [0.29, 0.717) is 23.7 Å². The summed E-state index contributed by atoms with van der Waals surface area (Å²) in [5.74, 6) is 2.13. The molecule has 630 valence electrons. The van der Waals surface area contributed by atoms with Crippen LogP contribution in [0.5, 0.6) is 0 Å². The molecule has 0 saturated heterocycles. The van der Waals surface area contributed by atoms with Crippen LogP contribution in [0, 0.1) is 51.4 Å². The normalized spacial score (nSPS) is 15.7. The van der Waals surface area contributed by atoms with Crippen molar-refractivity contribution >= 4 is 145 Å². The zero-order valence-electron chi connectivity index (χ0n) is 75.0. The van der Waals surface area contributed by atoms with E-state index in [1.165, 1.54) is 316 Å². The summed E-state index contributed by atoms with van der Waals surface area (Å²) in [6.07, 6.45) is 35.4. The van der Waals surface area contributed by atoms with Gasteiger partial charge in [0.15, 0.2) is 0 Å². The first-order valence-corrected chi connectivity index (χ1v) is 48.1. The zero-order valence-corrected chi connectivity index (χ0v) is 75.0. The van der Waals surface area contributed by atoms with Gasteiger partial charge < -0.3 is 9.80 Å². The number of benzene rings is 17. The van der Waals surface area contributed by atoms with Crippen LogP contribution in [0.3, 0.4) is 0 Å². The summed E-state index contributed by atoms with van der Waals surface area (Å²) in [7, 11) is 0. The monoisotopic (exact) mass is 1660 g/mol. The van der Waals surface area contributed by atoms with Gasteiger partial charge in [0.2, 0.25) is 0 Å². The minimum atomic E-state index is 0.533. The summed E-state index contributed by atoms with van der Waals surface area (Å²) in [6, 6.07) is 132. The number of hydrogen-bond donors (Lipinski definition) is 0. The largest absolute Gasteiger partial charge is 0.309 e. The molecule has 2 heteroatoms. The fraction of sp³-hybridized carbons (Fsp3) is 0.222. The molecule has 4 aliphatic rings. The molecule has 0 bridgehead atoms. The average Bonchev–Trinajstić information content (AvgIpc) is 0.699. The maximum Gasteiger partial charge on any atom is 0.0618 e. The summed E-state index contributed by atoms with van der Waals surface area (Å²) >= 11 is 0. The lowest BCUT2D eigenvalue weighted by molar-refractivity contribution is 0.430. The van der Waals surface area contributed by atoms with E-state index < -0.39 is 0 Å². The highest BCUT2D eigenvalue weighted by molar-refractivity contribution is 6.34. The van der Waals surface area contributed by atoms with E-state index in [1.807, 2.05) is 0 Å². The Morgan fingerprint density at radius 1 is 0.188 bits per heavy atom. The van der Waals surface area contributed by atoms with E-state index in [0.717, 1.165) is 22.7 Å². The van der Waals surface area contributed by atoms with Gasteiger partial charge in [-0.3, -0.25) is 0 Å². The van der Waals surface area contributed by atoms with Crippen LogP contribution in [0.15, 0.2) is 340 Å². The Balaban J connectivity index is 0.741. The minimum Gasteiger partial charge on any atom is -0.309 e. The Morgan fingerprint density at radius 3 is 0.531 bits per heavy atom. The van der Waals surface area contributed by atoms with Crippen LogP contribution in [-0.4, -0.2) is 0 Å². The molecular weight excluding hydrogens is 1540 g/mol. The predicted octanol–water partition coefficient (Wildman–Crippen LogP) is 36.6. The molecule has 17 aromatic rings. The lowest BCUT2D eigenvalue weighted by Crippen LogP contribution is -2.12. The van der Waals surface area contributed by atoms with Crippen molar-refractivity contribution in [1.82, 2.24) is 0 Å². The lowest BCUT2D eigenvalue weighted by Gasteiger charge is -2.31. The van der Waals surface area contributed by atoms with Crippen molar-refractivity contribution in [2.45, 2.75) is 156 Å². The van der Waals surface area contributed by atoms with E-state index in [4.69, 9.17) is 0 Å². The molecule has 0 heterocycles. The third-order valence-electron chi connectivity index (χ3n) is 29.3. The van der Waals surface area contributed by atoms with Gasteiger partial charge in [0.25, 0.3) is 0 Å². The number of aryl methyl sites for hydroxylation is 4. The third kappa shape index (κ3) is 16.5. The number of hydrogen-bond acceptors (Lipinski definition) is 2. The second kappa shape index (κ2) is 36.7. The van der Waals surface area contributed by atoms with E-state index in [1.54, 1.807) is 0 Å². The van der Waals surface area contributed by atoms with Crippen molar-refractivity contribution < 1.29 is 0 Å². The van der Waals surface area contributed by atoms with Crippen molar-refractivity contribution in [2.24, 2.45) is 23.7 Å². The summed E-state index contributed by atoms with van der Waals surface area (Å²) in [5.41, 5.74) is 33.1. The highest BCUT2D eigenvalue weighted by Gasteiger charge is 2.31. The maximum absolute atomic E-state index is 2.58. The van der Waals surface area contributed by atoms with Crippen molar-refractivity contribution in [3.63, 3.8) is 0 Å². The second-order valence-electron chi connectivity index (χ2n) is 37.7. The smallest absolute Gasteiger partial charge is 0.0618 e. The molecule has 0 spiro atoms. The highest BCUT2D eigenvalue weighted by Crippen LogP contribution is 2.57. The highest BCUT2D eigenvalue weighted by atomic mass is 15.2. The molecule has 0 atom stereocenters. The first-order chi connectivity index (χ1) is 63.1. The summed E-state index contributed by atoms with van der Waals surface area (Å²) in [4.78, 5) is 5.17. The topological polar surface area (TPSA) is 6.48 Å². The Labute approximate surface area is 758 Å². The summed E-state index contributed by atoms with van der Waals surface area (Å²) in [6.45, 7) is 8.81. The molecule has 0 unspecified atom stereocenters. The SMILES string of the molecule is Cc1ccc(C(=Cc2ccc(N(c3ccc(C=C(c4ccc(C)cc4)C4CCCCC4)cc3)c3c4ccccc4c(-c4c5ccccc5c(-c5c6ccccc6c(N(c6ccc(C=C(c7ccc(C)cc7)C7CCCCC7)cc6)c6ccc(C=C(c7ccc(C)cc7)C7CCCCC7)cc6)c6ccccc56)c5ccccc45)c4ccccc34)cc2)C2CCCCC2)cc1. The minimum absolute atomic E-state index is 0.533. The van der Waals surface area contributed by atoms with E-state index >= 15 is 0 Å². The zero-order chi connectivity index (χ0) is 86.0. The van der Waals surface area contributed by atoms with Crippen molar-refractivity contribution in [2.75, 3.05) is 9.80 Å². The van der Waals surface area contributed by atoms with E-state index in [9.17, 15) is 0 Å². The first-order valence-electron chi connectivity index (χ1n) is 48.1. The fourth-order valence-electron chi connectivity index (χ4n) is 22.7.